The van der Waals surface area contributed by atoms with Crippen LogP contribution in [0.5, 0.6) is 0 Å². The Morgan fingerprint density at radius 1 is 1.41 bits per heavy atom. The number of aromatic nitrogens is 2. The number of hydrogen-bond donors (Lipinski definition) is 1. The molecule has 1 aromatic rings. The number of likely N-dealkylation sites (tertiary alicyclic amines) is 1. The van der Waals surface area contributed by atoms with Crippen LogP contribution in [0.2, 0.25) is 0 Å². The Balaban J connectivity index is 1.92. The van der Waals surface area contributed by atoms with Crippen molar-refractivity contribution in [2.75, 3.05) is 13.1 Å². The first-order valence-electron chi connectivity index (χ1n) is 7.53. The highest BCUT2D eigenvalue weighted by molar-refractivity contribution is 5.92. The van der Waals surface area contributed by atoms with E-state index in [1.807, 2.05) is 20.8 Å². The number of nitrogens with one attached hydrogen (secondary N) is 1. The molecule has 0 aliphatic carbocycles. The van der Waals surface area contributed by atoms with Gasteiger partial charge in [0.2, 0.25) is 0 Å². The second kappa shape index (κ2) is 6.37. The van der Waals surface area contributed by atoms with Crippen LogP contribution in [0.25, 0.3) is 0 Å². The Bertz CT molecular complexity index is 547. The first kappa shape index (κ1) is 16.3. The van der Waals surface area contributed by atoms with Crippen LogP contribution in [0.1, 0.15) is 44.1 Å². The van der Waals surface area contributed by atoms with Crippen molar-refractivity contribution in [2.24, 2.45) is 7.05 Å². The summed E-state index contributed by atoms with van der Waals surface area (Å²) < 4.78 is 6.91. The van der Waals surface area contributed by atoms with Gasteiger partial charge in [0.25, 0.3) is 5.91 Å². The molecular formula is C15H24N4O3. The van der Waals surface area contributed by atoms with Crippen molar-refractivity contribution >= 4 is 12.0 Å². The average Bonchev–Trinajstić information content (AvgIpc) is 2.83. The van der Waals surface area contributed by atoms with E-state index in [2.05, 4.69) is 10.4 Å². The zero-order valence-electron chi connectivity index (χ0n) is 13.6. The minimum atomic E-state index is -0.512. The highest BCUT2D eigenvalue weighted by Crippen LogP contribution is 2.15. The summed E-state index contributed by atoms with van der Waals surface area (Å²) in [6.45, 7) is 6.66. The smallest absolute Gasteiger partial charge is 0.410 e. The molecule has 1 unspecified atom stereocenters. The van der Waals surface area contributed by atoms with E-state index in [-0.39, 0.29) is 18.0 Å². The van der Waals surface area contributed by atoms with E-state index in [0.717, 1.165) is 12.8 Å². The van der Waals surface area contributed by atoms with E-state index in [9.17, 15) is 9.59 Å². The number of aryl methyl sites for hydroxylation is 1. The first-order chi connectivity index (χ1) is 10.3. The second-order valence-corrected chi connectivity index (χ2v) is 6.58. The molecule has 122 valence electrons. The highest BCUT2D eigenvalue weighted by atomic mass is 16.6. The number of nitrogens with zero attached hydrogens (tertiary/aromatic N) is 3. The van der Waals surface area contributed by atoms with E-state index >= 15 is 0 Å². The molecular weight excluding hydrogens is 284 g/mol. The standard InChI is InChI=1S/C15H24N4O3/c1-15(2,3)22-14(21)19-9-5-6-11(10-19)17-13(20)12-7-8-16-18(12)4/h7-8,11H,5-6,9-10H2,1-4H3,(H,17,20). The molecule has 2 heterocycles. The predicted octanol–water partition coefficient (Wildman–Crippen LogP) is 1.55. The van der Waals surface area contributed by atoms with Crippen LogP contribution < -0.4 is 5.32 Å². The van der Waals surface area contributed by atoms with Gasteiger partial charge in [-0.1, -0.05) is 0 Å². The van der Waals surface area contributed by atoms with Crippen LogP contribution in [-0.4, -0.2) is 51.4 Å². The number of amides is 2. The summed E-state index contributed by atoms with van der Waals surface area (Å²) in [7, 11) is 1.72. The Labute approximate surface area is 130 Å². The minimum Gasteiger partial charge on any atom is -0.444 e. The molecule has 7 heteroatoms. The van der Waals surface area contributed by atoms with Crippen molar-refractivity contribution < 1.29 is 14.3 Å². The molecule has 0 saturated carbocycles. The van der Waals surface area contributed by atoms with Crippen LogP contribution in [0.4, 0.5) is 4.79 Å². The lowest BCUT2D eigenvalue weighted by molar-refractivity contribution is 0.0185. The fraction of sp³-hybridized carbons (Fsp3) is 0.667. The van der Waals surface area contributed by atoms with Gasteiger partial charge in [-0.25, -0.2) is 4.79 Å². The SMILES string of the molecule is Cn1nccc1C(=O)NC1CCCN(C(=O)OC(C)(C)C)C1. The Morgan fingerprint density at radius 3 is 2.73 bits per heavy atom. The van der Waals surface area contributed by atoms with Crippen molar-refractivity contribution in [1.29, 1.82) is 0 Å². The topological polar surface area (TPSA) is 76.5 Å². The predicted molar refractivity (Wildman–Crippen MR) is 81.5 cm³/mol. The molecule has 1 aromatic heterocycles. The van der Waals surface area contributed by atoms with Gasteiger partial charge in [-0.3, -0.25) is 9.48 Å². The molecule has 0 radical (unpaired) electrons. The minimum absolute atomic E-state index is 0.0660. The first-order valence-corrected chi connectivity index (χ1v) is 7.53. The van der Waals surface area contributed by atoms with E-state index in [0.29, 0.717) is 18.8 Å². The molecule has 0 spiro atoms. The molecule has 1 N–H and O–H groups in total. The number of piperidine rings is 1. The summed E-state index contributed by atoms with van der Waals surface area (Å²) >= 11 is 0. The summed E-state index contributed by atoms with van der Waals surface area (Å²) in [5.74, 6) is -0.170. The Kier molecular flexibility index (Phi) is 4.73. The number of hydrogen-bond acceptors (Lipinski definition) is 4. The lowest BCUT2D eigenvalue weighted by Crippen LogP contribution is -2.50. The van der Waals surface area contributed by atoms with Crippen LogP contribution >= 0.6 is 0 Å². The third kappa shape index (κ3) is 4.22. The molecule has 22 heavy (non-hydrogen) atoms. The zero-order chi connectivity index (χ0) is 16.3. The van der Waals surface area contributed by atoms with Gasteiger partial charge >= 0.3 is 6.09 Å². The highest BCUT2D eigenvalue weighted by Gasteiger charge is 2.28. The molecule has 7 nitrogen and oxygen atoms in total. The molecule has 1 aliphatic heterocycles. The van der Waals surface area contributed by atoms with Crippen molar-refractivity contribution in [3.63, 3.8) is 0 Å². The molecule has 1 atom stereocenters. The van der Waals surface area contributed by atoms with Gasteiger partial charge in [0, 0.05) is 32.4 Å². The van der Waals surface area contributed by atoms with Gasteiger partial charge in [-0.05, 0) is 39.7 Å². The van der Waals surface area contributed by atoms with Gasteiger partial charge in [0.15, 0.2) is 0 Å². The molecule has 0 aromatic carbocycles. The largest absolute Gasteiger partial charge is 0.444 e. The third-order valence-electron chi connectivity index (χ3n) is 3.46. The number of carbonyl (C=O) groups excluding carboxylic acids is 2. The fourth-order valence-corrected chi connectivity index (χ4v) is 2.44. The third-order valence-corrected chi connectivity index (χ3v) is 3.46. The van der Waals surface area contributed by atoms with Crippen molar-refractivity contribution in [2.45, 2.75) is 45.3 Å². The molecule has 1 fully saturated rings. The van der Waals surface area contributed by atoms with Gasteiger partial charge < -0.3 is 15.0 Å². The van der Waals surface area contributed by atoms with E-state index in [1.54, 1.807) is 24.2 Å². The fourth-order valence-electron chi connectivity index (χ4n) is 2.44. The van der Waals surface area contributed by atoms with E-state index < -0.39 is 5.60 Å². The lowest BCUT2D eigenvalue weighted by Gasteiger charge is -2.34. The monoisotopic (exact) mass is 308 g/mol. The number of carbonyl (C=O) groups is 2. The van der Waals surface area contributed by atoms with Crippen LogP contribution in [0.15, 0.2) is 12.3 Å². The van der Waals surface area contributed by atoms with Gasteiger partial charge in [0.1, 0.15) is 11.3 Å². The lowest BCUT2D eigenvalue weighted by atomic mass is 10.1. The summed E-state index contributed by atoms with van der Waals surface area (Å²) in [4.78, 5) is 26.0. The zero-order valence-corrected chi connectivity index (χ0v) is 13.6. The molecule has 0 bridgehead atoms. The Hall–Kier alpha value is -2.05. The maximum Gasteiger partial charge on any atom is 0.410 e. The molecule has 2 amide bonds. The van der Waals surface area contributed by atoms with Crippen molar-refractivity contribution in [3.8, 4) is 0 Å². The summed E-state index contributed by atoms with van der Waals surface area (Å²) in [5.41, 5.74) is -0.00322. The maximum absolute atomic E-state index is 12.2. The summed E-state index contributed by atoms with van der Waals surface area (Å²) in [5, 5.41) is 6.95. The van der Waals surface area contributed by atoms with Crippen LogP contribution in [-0.2, 0) is 11.8 Å². The van der Waals surface area contributed by atoms with Crippen LogP contribution in [0, 0.1) is 0 Å². The van der Waals surface area contributed by atoms with Gasteiger partial charge in [-0.2, -0.15) is 5.10 Å². The van der Waals surface area contributed by atoms with E-state index in [4.69, 9.17) is 4.74 Å². The summed E-state index contributed by atoms with van der Waals surface area (Å²) in [6.07, 6.45) is 2.95. The van der Waals surface area contributed by atoms with Gasteiger partial charge in [-0.15, -0.1) is 0 Å². The van der Waals surface area contributed by atoms with Crippen LogP contribution in [0.3, 0.4) is 0 Å². The van der Waals surface area contributed by atoms with E-state index in [1.165, 1.54) is 4.68 Å². The normalized spacial score (nSPS) is 18.9. The quantitative estimate of drug-likeness (QED) is 0.899. The molecule has 2 rings (SSSR count). The molecule has 1 aliphatic rings. The summed E-state index contributed by atoms with van der Waals surface area (Å²) in [6, 6.07) is 1.60. The van der Waals surface area contributed by atoms with Crippen molar-refractivity contribution in [3.05, 3.63) is 18.0 Å². The van der Waals surface area contributed by atoms with Gasteiger partial charge in [0.05, 0.1) is 0 Å². The molecule has 1 saturated heterocycles. The number of ether oxygens (including phenoxy) is 1. The van der Waals surface area contributed by atoms with Crippen molar-refractivity contribution in [1.82, 2.24) is 20.0 Å². The average molecular weight is 308 g/mol. The number of rotatable bonds is 2. The second-order valence-electron chi connectivity index (χ2n) is 6.58. The maximum atomic E-state index is 12.2. The Morgan fingerprint density at radius 2 is 2.14 bits per heavy atom.